The maximum absolute atomic E-state index is 3.92. The molecule has 3 nitrogen and oxygen atoms in total. The van der Waals surface area contributed by atoms with E-state index in [0.717, 1.165) is 13.0 Å². The minimum Gasteiger partial charge on any atom is -0.353 e. The first-order chi connectivity index (χ1) is 6.75. The van der Waals surface area contributed by atoms with Crippen LogP contribution in [0.25, 0.3) is 0 Å². The van der Waals surface area contributed by atoms with Gasteiger partial charge in [-0.2, -0.15) is 5.10 Å². The molecule has 0 aliphatic carbocycles. The summed E-state index contributed by atoms with van der Waals surface area (Å²) in [6, 6.07) is 0. The number of hydrogen-bond donors (Lipinski definition) is 1. The molecule has 0 fully saturated rings. The number of H-pyrrole nitrogens is 1. The molecule has 14 heavy (non-hydrogen) atoms. The van der Waals surface area contributed by atoms with Gasteiger partial charge in [-0.05, 0) is 37.0 Å². The molecule has 1 N–H and O–H groups in total. The van der Waals surface area contributed by atoms with Crippen molar-refractivity contribution in [2.45, 2.75) is 26.8 Å². The van der Waals surface area contributed by atoms with Crippen molar-refractivity contribution in [2.24, 2.45) is 0 Å². The standard InChI is InChI=1S/C11H15N3/c1-9-7-14(8-10(9)2)4-3-11-5-12-13-6-11/h5-8H,3-4H2,1-2H3,(H,12,13). The third kappa shape index (κ3) is 1.87. The minimum atomic E-state index is 1.02. The summed E-state index contributed by atoms with van der Waals surface area (Å²) in [6.07, 6.45) is 9.24. The molecule has 2 aromatic heterocycles. The molecule has 2 aromatic rings. The monoisotopic (exact) mass is 189 g/mol. The number of rotatable bonds is 3. The molecular formula is C11H15N3. The van der Waals surface area contributed by atoms with E-state index in [4.69, 9.17) is 0 Å². The highest BCUT2D eigenvalue weighted by atomic mass is 15.1. The SMILES string of the molecule is Cc1cn(CCc2cn[nH]c2)cc1C. The lowest BCUT2D eigenvalue weighted by Crippen LogP contribution is -1.97. The largest absolute Gasteiger partial charge is 0.353 e. The van der Waals surface area contributed by atoms with Crippen molar-refractivity contribution in [1.82, 2.24) is 14.8 Å². The van der Waals surface area contributed by atoms with E-state index in [-0.39, 0.29) is 0 Å². The maximum Gasteiger partial charge on any atom is 0.0519 e. The van der Waals surface area contributed by atoms with Gasteiger partial charge in [-0.15, -0.1) is 0 Å². The van der Waals surface area contributed by atoms with Gasteiger partial charge >= 0.3 is 0 Å². The van der Waals surface area contributed by atoms with Crippen molar-refractivity contribution in [2.75, 3.05) is 0 Å². The molecule has 2 rings (SSSR count). The van der Waals surface area contributed by atoms with E-state index < -0.39 is 0 Å². The molecule has 0 aromatic carbocycles. The first-order valence-corrected chi connectivity index (χ1v) is 4.86. The first-order valence-electron chi connectivity index (χ1n) is 4.86. The van der Waals surface area contributed by atoms with Crippen molar-refractivity contribution >= 4 is 0 Å². The van der Waals surface area contributed by atoms with Crippen LogP contribution < -0.4 is 0 Å². The fraction of sp³-hybridized carbons (Fsp3) is 0.364. The number of aromatic nitrogens is 3. The van der Waals surface area contributed by atoms with Gasteiger partial charge in [0.25, 0.3) is 0 Å². The zero-order valence-corrected chi connectivity index (χ0v) is 8.62. The second-order valence-corrected chi connectivity index (χ2v) is 3.72. The van der Waals surface area contributed by atoms with Crippen molar-refractivity contribution < 1.29 is 0 Å². The van der Waals surface area contributed by atoms with E-state index >= 15 is 0 Å². The van der Waals surface area contributed by atoms with Crippen molar-refractivity contribution in [3.63, 3.8) is 0 Å². The van der Waals surface area contributed by atoms with E-state index in [1.807, 2.05) is 12.4 Å². The normalized spacial score (nSPS) is 10.7. The molecule has 0 aliphatic rings. The van der Waals surface area contributed by atoms with Gasteiger partial charge in [0.05, 0.1) is 6.20 Å². The van der Waals surface area contributed by atoms with Gasteiger partial charge in [0, 0.05) is 25.1 Å². The zero-order valence-electron chi connectivity index (χ0n) is 8.62. The summed E-state index contributed by atoms with van der Waals surface area (Å²) < 4.78 is 2.23. The predicted octanol–water partition coefficient (Wildman–Crippen LogP) is 2.07. The van der Waals surface area contributed by atoms with Crippen molar-refractivity contribution in [1.29, 1.82) is 0 Å². The highest BCUT2D eigenvalue weighted by Crippen LogP contribution is 2.08. The van der Waals surface area contributed by atoms with Crippen LogP contribution in [0.15, 0.2) is 24.8 Å². The van der Waals surface area contributed by atoms with Crippen molar-refractivity contribution in [3.8, 4) is 0 Å². The average Bonchev–Trinajstić information content (AvgIpc) is 2.74. The van der Waals surface area contributed by atoms with Gasteiger partial charge in [0.15, 0.2) is 0 Å². The van der Waals surface area contributed by atoms with E-state index in [9.17, 15) is 0 Å². The molecule has 0 amide bonds. The van der Waals surface area contributed by atoms with Crippen LogP contribution in [0.1, 0.15) is 16.7 Å². The Bertz CT molecular complexity index is 379. The molecule has 0 spiro atoms. The molecule has 0 radical (unpaired) electrons. The summed E-state index contributed by atoms with van der Waals surface area (Å²) in [5.74, 6) is 0. The summed E-state index contributed by atoms with van der Waals surface area (Å²) in [6.45, 7) is 5.31. The lowest BCUT2D eigenvalue weighted by atomic mass is 10.2. The Balaban J connectivity index is 1.98. The molecule has 2 heterocycles. The number of aromatic amines is 1. The summed E-state index contributed by atoms with van der Waals surface area (Å²) >= 11 is 0. The molecule has 0 bridgehead atoms. The lowest BCUT2D eigenvalue weighted by molar-refractivity contribution is 0.699. The van der Waals surface area contributed by atoms with Crippen LogP contribution in [0.5, 0.6) is 0 Å². The third-order valence-electron chi connectivity index (χ3n) is 2.55. The summed E-state index contributed by atoms with van der Waals surface area (Å²) in [5, 5.41) is 6.75. The number of nitrogens with zero attached hydrogens (tertiary/aromatic N) is 2. The molecule has 0 atom stereocenters. The Morgan fingerprint density at radius 1 is 1.29 bits per heavy atom. The Hall–Kier alpha value is -1.51. The summed E-state index contributed by atoms with van der Waals surface area (Å²) in [7, 11) is 0. The van der Waals surface area contributed by atoms with E-state index in [0.29, 0.717) is 0 Å². The molecule has 3 heteroatoms. The van der Waals surface area contributed by atoms with Gasteiger partial charge in [0.2, 0.25) is 0 Å². The Labute approximate surface area is 83.8 Å². The quantitative estimate of drug-likeness (QED) is 0.788. The fourth-order valence-corrected chi connectivity index (χ4v) is 1.54. The van der Waals surface area contributed by atoms with E-state index in [2.05, 4.69) is 41.0 Å². The number of aryl methyl sites for hydroxylation is 4. The highest BCUT2D eigenvalue weighted by molar-refractivity contribution is 5.20. The number of nitrogens with one attached hydrogen (secondary N) is 1. The maximum atomic E-state index is 3.92. The molecule has 0 saturated carbocycles. The second-order valence-electron chi connectivity index (χ2n) is 3.72. The lowest BCUT2D eigenvalue weighted by Gasteiger charge is -1.99. The highest BCUT2D eigenvalue weighted by Gasteiger charge is 1.98. The minimum absolute atomic E-state index is 1.02. The molecule has 0 saturated heterocycles. The van der Waals surface area contributed by atoms with Crippen LogP contribution in [0, 0.1) is 13.8 Å². The van der Waals surface area contributed by atoms with Gasteiger partial charge in [-0.1, -0.05) is 0 Å². The Morgan fingerprint density at radius 3 is 2.57 bits per heavy atom. The summed E-state index contributed by atoms with van der Waals surface area (Å²) in [5.41, 5.74) is 3.98. The predicted molar refractivity (Wildman–Crippen MR) is 56.2 cm³/mol. The van der Waals surface area contributed by atoms with E-state index in [1.165, 1.54) is 16.7 Å². The average molecular weight is 189 g/mol. The van der Waals surface area contributed by atoms with Crippen LogP contribution in [-0.4, -0.2) is 14.8 Å². The second kappa shape index (κ2) is 3.70. The van der Waals surface area contributed by atoms with Gasteiger partial charge in [0.1, 0.15) is 0 Å². The van der Waals surface area contributed by atoms with Gasteiger partial charge in [-0.3, -0.25) is 5.10 Å². The first kappa shape index (κ1) is 9.06. The Kier molecular flexibility index (Phi) is 2.39. The van der Waals surface area contributed by atoms with Crippen LogP contribution in [0.2, 0.25) is 0 Å². The van der Waals surface area contributed by atoms with E-state index in [1.54, 1.807) is 0 Å². The fourth-order valence-electron chi connectivity index (χ4n) is 1.54. The molecule has 74 valence electrons. The topological polar surface area (TPSA) is 33.6 Å². The van der Waals surface area contributed by atoms with Crippen LogP contribution in [-0.2, 0) is 13.0 Å². The Morgan fingerprint density at radius 2 is 2.00 bits per heavy atom. The van der Waals surface area contributed by atoms with Crippen LogP contribution in [0.4, 0.5) is 0 Å². The van der Waals surface area contributed by atoms with Crippen LogP contribution in [0.3, 0.4) is 0 Å². The molecule has 0 unspecified atom stereocenters. The van der Waals surface area contributed by atoms with Gasteiger partial charge < -0.3 is 4.57 Å². The molecular weight excluding hydrogens is 174 g/mol. The number of hydrogen-bond acceptors (Lipinski definition) is 1. The third-order valence-corrected chi connectivity index (χ3v) is 2.55. The van der Waals surface area contributed by atoms with Crippen molar-refractivity contribution in [3.05, 3.63) is 41.5 Å². The molecule has 0 aliphatic heterocycles. The smallest absolute Gasteiger partial charge is 0.0519 e. The van der Waals surface area contributed by atoms with Gasteiger partial charge in [-0.25, -0.2) is 0 Å². The van der Waals surface area contributed by atoms with Crippen LogP contribution >= 0.6 is 0 Å². The summed E-state index contributed by atoms with van der Waals surface area (Å²) in [4.78, 5) is 0. The zero-order chi connectivity index (χ0) is 9.97.